The van der Waals surface area contributed by atoms with Crippen LogP contribution in [0.4, 0.5) is 0 Å². The van der Waals surface area contributed by atoms with E-state index in [4.69, 9.17) is 19.3 Å². The lowest BCUT2D eigenvalue weighted by Crippen LogP contribution is -2.17. The number of nitrogens with one attached hydrogen (secondary N) is 1. The number of hydrogen-bond acceptors (Lipinski definition) is 6. The van der Waals surface area contributed by atoms with Crippen molar-refractivity contribution in [3.63, 3.8) is 0 Å². The van der Waals surface area contributed by atoms with Gasteiger partial charge in [0.15, 0.2) is 0 Å². The molecule has 2 aromatic heterocycles. The van der Waals surface area contributed by atoms with Gasteiger partial charge in [-0.15, -0.1) is 0 Å². The van der Waals surface area contributed by atoms with Crippen LogP contribution in [-0.4, -0.2) is 58.3 Å². The molecular formula is C37H44N4O5. The second-order valence-corrected chi connectivity index (χ2v) is 11.7. The quantitative estimate of drug-likeness (QED) is 0.183. The van der Waals surface area contributed by atoms with E-state index in [-0.39, 0.29) is 0 Å². The van der Waals surface area contributed by atoms with E-state index in [2.05, 4.69) is 49.5 Å². The molecule has 7 rings (SSSR count). The molecule has 9 heteroatoms. The molecule has 2 aliphatic rings. The number of carboxylic acids is 1. The number of aromatic nitrogens is 3. The van der Waals surface area contributed by atoms with Crippen LogP contribution in [0.5, 0.6) is 5.75 Å². The standard InChI is InChI=1S/C33H33N3O5.C4H11N/c37-33(38)32-25(13-7-18-41-29-14-5-9-22-8-1-2-10-23(22)29)24-11-6-12-26-30-27(34-36-16-19-40-21-28(30)36)20-39-17-4-3-15-35(32)31(24)26;1-3-5-4-2/h1-2,5-6,8-12,14H,3-4,7,13,15-21H2,(H,37,38);5H,3-4H2,1-2H3. The predicted molar refractivity (Wildman–Crippen MR) is 181 cm³/mol. The number of nitrogens with zero attached hydrogens (tertiary/aromatic N) is 3. The minimum absolute atomic E-state index is 0.372. The Morgan fingerprint density at radius 1 is 0.935 bits per heavy atom. The Morgan fingerprint density at radius 2 is 1.72 bits per heavy atom. The largest absolute Gasteiger partial charge is 0.493 e. The molecule has 0 amide bonds. The van der Waals surface area contributed by atoms with Crippen molar-refractivity contribution < 1.29 is 24.1 Å². The Balaban J connectivity index is 0.000000692. The van der Waals surface area contributed by atoms with E-state index < -0.39 is 5.97 Å². The fourth-order valence-corrected chi connectivity index (χ4v) is 6.66. The number of carbonyl (C=O) groups is 1. The van der Waals surface area contributed by atoms with E-state index in [9.17, 15) is 9.90 Å². The highest BCUT2D eigenvalue weighted by molar-refractivity contribution is 6.04. The van der Waals surface area contributed by atoms with Gasteiger partial charge in [0, 0.05) is 35.1 Å². The van der Waals surface area contributed by atoms with Gasteiger partial charge in [-0.05, 0) is 55.8 Å². The molecule has 0 unspecified atom stereocenters. The normalized spacial score (nSPS) is 14.6. The molecule has 0 saturated heterocycles. The molecule has 242 valence electrons. The van der Waals surface area contributed by atoms with Gasteiger partial charge >= 0.3 is 5.97 Å². The minimum atomic E-state index is -0.899. The summed E-state index contributed by atoms with van der Waals surface area (Å²) in [6, 6.07) is 20.4. The molecule has 4 heterocycles. The maximum atomic E-state index is 12.8. The Bertz CT molecular complexity index is 1800. The van der Waals surface area contributed by atoms with Crippen LogP contribution in [0.25, 0.3) is 32.8 Å². The molecule has 5 aromatic rings. The fourth-order valence-electron chi connectivity index (χ4n) is 6.66. The highest BCUT2D eigenvalue weighted by Gasteiger charge is 2.29. The van der Waals surface area contributed by atoms with Gasteiger partial charge in [0.05, 0.1) is 49.9 Å². The van der Waals surface area contributed by atoms with Gasteiger partial charge in [-0.1, -0.05) is 68.4 Å². The summed E-state index contributed by atoms with van der Waals surface area (Å²) in [5, 5.41) is 21.7. The molecule has 0 radical (unpaired) electrons. The third kappa shape index (κ3) is 6.54. The summed E-state index contributed by atoms with van der Waals surface area (Å²) in [7, 11) is 0. The first-order valence-electron chi connectivity index (χ1n) is 16.5. The van der Waals surface area contributed by atoms with Crippen LogP contribution in [0.3, 0.4) is 0 Å². The zero-order valence-corrected chi connectivity index (χ0v) is 26.9. The van der Waals surface area contributed by atoms with Crippen LogP contribution in [0.1, 0.15) is 60.5 Å². The summed E-state index contributed by atoms with van der Waals surface area (Å²) < 4.78 is 22.1. The number of fused-ring (bicyclic) bond motifs is 5. The summed E-state index contributed by atoms with van der Waals surface area (Å²) in [4.78, 5) is 12.8. The van der Waals surface area contributed by atoms with Crippen molar-refractivity contribution in [1.29, 1.82) is 0 Å². The van der Waals surface area contributed by atoms with E-state index in [0.29, 0.717) is 64.7 Å². The van der Waals surface area contributed by atoms with Gasteiger partial charge in [-0.3, -0.25) is 4.68 Å². The van der Waals surface area contributed by atoms with Crippen molar-refractivity contribution in [1.82, 2.24) is 19.7 Å². The van der Waals surface area contributed by atoms with Crippen molar-refractivity contribution in [3.8, 4) is 16.9 Å². The van der Waals surface area contributed by atoms with Gasteiger partial charge < -0.3 is 29.2 Å². The van der Waals surface area contributed by atoms with Gasteiger partial charge in [0.2, 0.25) is 0 Å². The lowest BCUT2D eigenvalue weighted by molar-refractivity contribution is 0.0683. The summed E-state index contributed by atoms with van der Waals surface area (Å²) in [5.74, 6) is -0.0486. The van der Waals surface area contributed by atoms with Crippen LogP contribution < -0.4 is 10.1 Å². The molecule has 2 N–H and O–H groups in total. The predicted octanol–water partition coefficient (Wildman–Crippen LogP) is 6.82. The lowest BCUT2D eigenvalue weighted by atomic mass is 9.98. The van der Waals surface area contributed by atoms with Gasteiger partial charge in [0.25, 0.3) is 0 Å². The first-order valence-corrected chi connectivity index (χ1v) is 16.5. The zero-order valence-electron chi connectivity index (χ0n) is 26.9. The number of ether oxygens (including phenoxy) is 3. The van der Waals surface area contributed by atoms with Gasteiger partial charge in [0.1, 0.15) is 11.4 Å². The topological polar surface area (TPSA) is 99.8 Å². The van der Waals surface area contributed by atoms with Crippen LogP contribution in [0, 0.1) is 0 Å². The number of aromatic carboxylic acids is 1. The van der Waals surface area contributed by atoms with E-state index in [1.165, 1.54) is 0 Å². The Hall–Kier alpha value is -4.18. The zero-order chi connectivity index (χ0) is 31.9. The number of para-hydroxylation sites is 1. The Labute approximate surface area is 270 Å². The number of rotatable bonds is 8. The van der Waals surface area contributed by atoms with Crippen LogP contribution in [0.2, 0.25) is 0 Å². The van der Waals surface area contributed by atoms with Gasteiger partial charge in [-0.25, -0.2) is 4.79 Å². The molecule has 0 fully saturated rings. The molecule has 0 bridgehead atoms. The summed E-state index contributed by atoms with van der Waals surface area (Å²) in [5.41, 5.74) is 6.11. The second-order valence-electron chi connectivity index (χ2n) is 11.7. The third-order valence-corrected chi connectivity index (χ3v) is 8.71. The van der Waals surface area contributed by atoms with Gasteiger partial charge in [-0.2, -0.15) is 5.10 Å². The highest BCUT2D eigenvalue weighted by Crippen LogP contribution is 2.40. The Kier molecular flexibility index (Phi) is 10.3. The van der Waals surface area contributed by atoms with Crippen LogP contribution in [-0.2, 0) is 42.2 Å². The third-order valence-electron chi connectivity index (χ3n) is 8.71. The SMILES string of the molecule is CCNCC.O=C(O)c1c(CCCOc2cccc3ccccc23)c2cccc3c2n1CCCCOCc1nn2c(c1-3)COCC2. The van der Waals surface area contributed by atoms with Crippen molar-refractivity contribution in [2.45, 2.75) is 65.8 Å². The Morgan fingerprint density at radius 3 is 2.54 bits per heavy atom. The highest BCUT2D eigenvalue weighted by atomic mass is 16.5. The van der Waals surface area contributed by atoms with Crippen LogP contribution >= 0.6 is 0 Å². The maximum Gasteiger partial charge on any atom is 0.352 e. The first-order chi connectivity index (χ1) is 22.6. The summed E-state index contributed by atoms with van der Waals surface area (Å²) in [6.45, 7) is 10.3. The second kappa shape index (κ2) is 14.9. The summed E-state index contributed by atoms with van der Waals surface area (Å²) in [6.07, 6.45) is 2.98. The minimum Gasteiger partial charge on any atom is -0.493 e. The van der Waals surface area contributed by atoms with Crippen molar-refractivity contribution >= 4 is 27.6 Å². The molecule has 0 atom stereocenters. The molecule has 0 saturated carbocycles. The average Bonchev–Trinajstić information content (AvgIpc) is 3.59. The molecule has 3 aromatic carbocycles. The smallest absolute Gasteiger partial charge is 0.352 e. The number of benzene rings is 3. The monoisotopic (exact) mass is 624 g/mol. The van der Waals surface area contributed by atoms with Crippen molar-refractivity contribution in [3.05, 3.63) is 83.3 Å². The van der Waals surface area contributed by atoms with Crippen LogP contribution in [0.15, 0.2) is 60.7 Å². The molecule has 0 spiro atoms. The molecule has 2 aliphatic heterocycles. The number of carboxylic acid groups (broad SMARTS) is 1. The average molecular weight is 625 g/mol. The van der Waals surface area contributed by atoms with E-state index in [1.54, 1.807) is 0 Å². The molecule has 0 aliphatic carbocycles. The van der Waals surface area contributed by atoms with Crippen molar-refractivity contribution in [2.75, 3.05) is 32.9 Å². The lowest BCUT2D eigenvalue weighted by Gasteiger charge is -2.17. The van der Waals surface area contributed by atoms with Crippen molar-refractivity contribution in [2.24, 2.45) is 0 Å². The molecule has 9 nitrogen and oxygen atoms in total. The van der Waals surface area contributed by atoms with E-state index in [0.717, 1.165) is 81.4 Å². The van der Waals surface area contributed by atoms with E-state index >= 15 is 0 Å². The summed E-state index contributed by atoms with van der Waals surface area (Å²) >= 11 is 0. The first kappa shape index (κ1) is 31.8. The number of hydrogen-bond donors (Lipinski definition) is 2. The number of aryl methyl sites for hydroxylation is 2. The van der Waals surface area contributed by atoms with E-state index in [1.807, 2.05) is 39.6 Å². The maximum absolute atomic E-state index is 12.8. The molecular weight excluding hydrogens is 580 g/mol. The fraction of sp³-hybridized carbons (Fsp3) is 0.405. The molecule has 46 heavy (non-hydrogen) atoms.